The number of benzene rings is 2. The van der Waals surface area contributed by atoms with Crippen LogP contribution >= 0.6 is 27.5 Å². The molecule has 2 bridgehead atoms. The number of imide groups is 1. The number of allylic oxidation sites excluding steroid dienone is 2. The number of nitrogens with zero attached hydrogens (tertiary/aromatic N) is 1. The standard InChI is InChI=1S/C26H22BrClN2O3/c27-19-9-6-14(11-20(19)28)29-24(31)21(10-13-4-2-1-3-5-13)30-25(32)22-15-7-8-16(18-12-17(15)18)23(22)26(30)33/h1-9,11,15-18,21-23H,10,12H2,(H,29,31)/t15-,16-,17-,18-,21-,22-,23+/m1/s1. The molecule has 2 aromatic rings. The zero-order valence-corrected chi connectivity index (χ0v) is 20.0. The quantitative estimate of drug-likeness (QED) is 0.454. The Bertz CT molecular complexity index is 1160. The summed E-state index contributed by atoms with van der Waals surface area (Å²) in [5.74, 6) is -0.154. The van der Waals surface area contributed by atoms with Crippen LogP contribution in [-0.4, -0.2) is 28.7 Å². The van der Waals surface area contributed by atoms with Gasteiger partial charge in [-0.1, -0.05) is 54.1 Å². The zero-order valence-electron chi connectivity index (χ0n) is 17.7. The second kappa shape index (κ2) is 7.81. The van der Waals surface area contributed by atoms with E-state index in [1.54, 1.807) is 18.2 Å². The molecule has 0 spiro atoms. The van der Waals surface area contributed by atoms with Gasteiger partial charge in [-0.05, 0) is 69.8 Å². The molecule has 3 amide bonds. The molecule has 1 N–H and O–H groups in total. The van der Waals surface area contributed by atoms with Gasteiger partial charge in [0.05, 0.1) is 16.9 Å². The van der Waals surface area contributed by atoms with Crippen molar-refractivity contribution in [2.45, 2.75) is 18.9 Å². The first-order chi connectivity index (χ1) is 15.9. The predicted octanol–water partition coefficient (Wildman–Crippen LogP) is 4.71. The molecule has 3 fully saturated rings. The van der Waals surface area contributed by atoms with Crippen LogP contribution in [0.25, 0.3) is 0 Å². The lowest BCUT2D eigenvalue weighted by Crippen LogP contribution is -2.49. The van der Waals surface area contributed by atoms with Crippen molar-refractivity contribution in [1.82, 2.24) is 4.90 Å². The van der Waals surface area contributed by atoms with Gasteiger partial charge in [-0.2, -0.15) is 0 Å². The molecule has 5 aliphatic rings. The summed E-state index contributed by atoms with van der Waals surface area (Å²) in [6.45, 7) is 0. The largest absolute Gasteiger partial charge is 0.324 e. The lowest BCUT2D eigenvalue weighted by atomic mass is 9.63. The van der Waals surface area contributed by atoms with Gasteiger partial charge in [0, 0.05) is 16.6 Å². The number of amides is 3. The molecule has 1 heterocycles. The van der Waals surface area contributed by atoms with Gasteiger partial charge in [-0.3, -0.25) is 19.3 Å². The highest BCUT2D eigenvalue weighted by Gasteiger charge is 2.67. The van der Waals surface area contributed by atoms with Crippen molar-refractivity contribution in [1.29, 1.82) is 0 Å². The Balaban J connectivity index is 1.33. The van der Waals surface area contributed by atoms with Crippen molar-refractivity contribution in [3.05, 3.63) is 75.7 Å². The molecule has 168 valence electrons. The molecule has 5 nitrogen and oxygen atoms in total. The fourth-order valence-electron chi connectivity index (χ4n) is 6.23. The number of hydrogen-bond donors (Lipinski definition) is 1. The molecule has 7 atom stereocenters. The van der Waals surface area contributed by atoms with Crippen LogP contribution in [0.2, 0.25) is 5.02 Å². The molecule has 0 aromatic heterocycles. The Morgan fingerprint density at radius 2 is 1.67 bits per heavy atom. The molecular formula is C26H22BrClN2O3. The van der Waals surface area contributed by atoms with E-state index in [1.807, 2.05) is 30.3 Å². The van der Waals surface area contributed by atoms with Crippen molar-refractivity contribution in [3.8, 4) is 0 Å². The summed E-state index contributed by atoms with van der Waals surface area (Å²) in [5.41, 5.74) is 1.41. The Kier molecular flexibility index (Phi) is 5.00. The molecule has 2 aromatic carbocycles. The Morgan fingerprint density at radius 1 is 1.03 bits per heavy atom. The SMILES string of the molecule is O=C(Nc1ccc(Br)c(Cl)c1)[C@@H](Cc1ccccc1)N1C(=O)[C@@H]2[C@@H]3C=C[C@H]([C@H]4C[C@H]34)[C@@H]2C1=O. The van der Waals surface area contributed by atoms with Gasteiger partial charge >= 0.3 is 0 Å². The maximum atomic E-state index is 13.7. The molecule has 0 unspecified atom stereocenters. The van der Waals surface area contributed by atoms with Crippen LogP contribution in [0.3, 0.4) is 0 Å². The first-order valence-corrected chi connectivity index (χ1v) is 12.5. The highest BCUT2D eigenvalue weighted by Crippen LogP contribution is 2.65. The minimum Gasteiger partial charge on any atom is -0.324 e. The molecule has 33 heavy (non-hydrogen) atoms. The number of nitrogens with one attached hydrogen (secondary N) is 1. The molecular weight excluding hydrogens is 504 g/mol. The molecule has 7 heteroatoms. The number of rotatable bonds is 5. The number of carbonyl (C=O) groups excluding carboxylic acids is 3. The Hall–Kier alpha value is -2.44. The topological polar surface area (TPSA) is 66.5 Å². The number of carbonyl (C=O) groups is 3. The average Bonchev–Trinajstić information content (AvgIpc) is 3.59. The molecule has 4 aliphatic carbocycles. The number of anilines is 1. The number of hydrogen-bond acceptors (Lipinski definition) is 3. The number of likely N-dealkylation sites (tertiary alicyclic amines) is 1. The normalized spacial score (nSPS) is 31.9. The highest BCUT2D eigenvalue weighted by atomic mass is 79.9. The monoisotopic (exact) mass is 524 g/mol. The van der Waals surface area contributed by atoms with Crippen LogP contribution in [0.5, 0.6) is 0 Å². The van der Waals surface area contributed by atoms with E-state index in [0.717, 1.165) is 16.5 Å². The summed E-state index contributed by atoms with van der Waals surface area (Å²) in [6.07, 6.45) is 5.66. The smallest absolute Gasteiger partial charge is 0.248 e. The Labute approximate surface area is 205 Å². The van der Waals surface area contributed by atoms with Gasteiger partial charge < -0.3 is 5.32 Å². The highest BCUT2D eigenvalue weighted by molar-refractivity contribution is 9.10. The van der Waals surface area contributed by atoms with Gasteiger partial charge in [-0.15, -0.1) is 0 Å². The van der Waals surface area contributed by atoms with Gasteiger partial charge in [0.1, 0.15) is 6.04 Å². The second-order valence-corrected chi connectivity index (χ2v) is 10.8. The summed E-state index contributed by atoms with van der Waals surface area (Å²) in [5, 5.41) is 3.35. The van der Waals surface area contributed by atoms with Gasteiger partial charge in [0.25, 0.3) is 0 Å². The van der Waals surface area contributed by atoms with Crippen LogP contribution in [0.15, 0.2) is 65.2 Å². The van der Waals surface area contributed by atoms with Gasteiger partial charge in [-0.25, -0.2) is 0 Å². The van der Waals surface area contributed by atoms with E-state index in [1.165, 1.54) is 4.90 Å². The molecule has 2 saturated carbocycles. The van der Waals surface area contributed by atoms with E-state index in [-0.39, 0.29) is 47.8 Å². The summed E-state index contributed by atoms with van der Waals surface area (Å²) in [7, 11) is 0. The van der Waals surface area contributed by atoms with Crippen LogP contribution in [0.4, 0.5) is 5.69 Å². The van der Waals surface area contributed by atoms with E-state index < -0.39 is 6.04 Å². The third-order valence-corrected chi connectivity index (χ3v) is 9.00. The minimum absolute atomic E-state index is 0.122. The van der Waals surface area contributed by atoms with E-state index in [0.29, 0.717) is 22.5 Å². The predicted molar refractivity (Wildman–Crippen MR) is 128 cm³/mol. The maximum absolute atomic E-state index is 13.7. The second-order valence-electron chi connectivity index (χ2n) is 9.52. The Morgan fingerprint density at radius 3 is 2.27 bits per heavy atom. The average molecular weight is 526 g/mol. The van der Waals surface area contributed by atoms with Crippen molar-refractivity contribution in [2.24, 2.45) is 35.5 Å². The van der Waals surface area contributed by atoms with Crippen molar-refractivity contribution in [3.63, 3.8) is 0 Å². The van der Waals surface area contributed by atoms with Gasteiger partial charge in [0.15, 0.2) is 0 Å². The summed E-state index contributed by atoms with van der Waals surface area (Å²) in [6, 6.07) is 13.7. The zero-order chi connectivity index (χ0) is 22.9. The fraction of sp³-hybridized carbons (Fsp3) is 0.346. The molecule has 7 rings (SSSR count). The van der Waals surface area contributed by atoms with Crippen LogP contribution in [0.1, 0.15) is 12.0 Å². The van der Waals surface area contributed by atoms with Crippen molar-refractivity contribution >= 4 is 50.9 Å². The van der Waals surface area contributed by atoms with E-state index in [9.17, 15) is 14.4 Å². The van der Waals surface area contributed by atoms with E-state index in [4.69, 9.17) is 11.6 Å². The van der Waals surface area contributed by atoms with E-state index >= 15 is 0 Å². The first kappa shape index (κ1) is 21.1. The van der Waals surface area contributed by atoms with Crippen LogP contribution in [0, 0.1) is 35.5 Å². The van der Waals surface area contributed by atoms with E-state index in [2.05, 4.69) is 33.4 Å². The lowest BCUT2D eigenvalue weighted by molar-refractivity contribution is -0.146. The maximum Gasteiger partial charge on any atom is 0.248 e. The van der Waals surface area contributed by atoms with Crippen molar-refractivity contribution < 1.29 is 14.4 Å². The number of halogens is 2. The summed E-state index contributed by atoms with van der Waals surface area (Å²) in [4.78, 5) is 42.1. The summed E-state index contributed by atoms with van der Waals surface area (Å²) < 4.78 is 0.721. The van der Waals surface area contributed by atoms with Gasteiger partial charge in [0.2, 0.25) is 17.7 Å². The third-order valence-electron chi connectivity index (χ3n) is 7.77. The fourth-order valence-corrected chi connectivity index (χ4v) is 6.65. The van der Waals surface area contributed by atoms with Crippen LogP contribution < -0.4 is 5.32 Å². The third kappa shape index (κ3) is 3.38. The molecule has 1 aliphatic heterocycles. The molecule has 1 saturated heterocycles. The molecule has 0 radical (unpaired) electrons. The summed E-state index contributed by atoms with van der Waals surface area (Å²) >= 11 is 9.55. The van der Waals surface area contributed by atoms with Crippen molar-refractivity contribution in [2.75, 3.05) is 5.32 Å². The van der Waals surface area contributed by atoms with Crippen LogP contribution in [-0.2, 0) is 20.8 Å². The first-order valence-electron chi connectivity index (χ1n) is 11.3. The minimum atomic E-state index is -0.920. The lowest BCUT2D eigenvalue weighted by Gasteiger charge is -2.37.